The number of nitrogens with zero attached hydrogens (tertiary/aromatic N) is 2. The van der Waals surface area contributed by atoms with Gasteiger partial charge in [-0.1, -0.05) is 60.7 Å². The largest absolute Gasteiger partial charge is 0.368 e. The van der Waals surface area contributed by atoms with Gasteiger partial charge in [-0.15, -0.1) is 0 Å². The molecule has 0 aliphatic carbocycles. The van der Waals surface area contributed by atoms with E-state index >= 15 is 0 Å². The number of hydroxylamine groups is 3. The summed E-state index contributed by atoms with van der Waals surface area (Å²) in [4.78, 5) is 51.1. The Morgan fingerprint density at radius 2 is 1.55 bits per heavy atom. The Morgan fingerprint density at radius 1 is 0.895 bits per heavy atom. The molecular formula is C27H36N6O5. The third-order valence-electron chi connectivity index (χ3n) is 6.95. The van der Waals surface area contributed by atoms with Gasteiger partial charge >= 0.3 is 6.03 Å². The van der Waals surface area contributed by atoms with Crippen molar-refractivity contribution in [1.29, 1.82) is 0 Å². The zero-order valence-corrected chi connectivity index (χ0v) is 21.3. The standard InChI is InChI=1S/C27H36N6O5/c28-25(34)23-13-12-22(15-30-23)33(38-18-20-9-5-2-6-10-20)27(36)32-16-21(11-14-24(32)26(29)35)31-37-17-19-7-3-1-4-8-19/h1-10,21-24,30-31H,11-18H2,(H2,28,34)(H2,29,35)/t21-,22-,23+,24+/m1/s1. The molecule has 0 spiro atoms. The first-order valence-electron chi connectivity index (χ1n) is 12.9. The van der Waals surface area contributed by atoms with Crippen molar-refractivity contribution in [2.24, 2.45) is 11.5 Å². The first-order chi connectivity index (χ1) is 18.4. The Balaban J connectivity index is 1.45. The fourth-order valence-electron chi connectivity index (χ4n) is 4.84. The minimum atomic E-state index is -0.771. The van der Waals surface area contributed by atoms with Crippen molar-refractivity contribution in [3.8, 4) is 0 Å². The molecule has 2 saturated heterocycles. The first kappa shape index (κ1) is 27.5. The van der Waals surface area contributed by atoms with Crippen LogP contribution in [0.5, 0.6) is 0 Å². The smallest absolute Gasteiger partial charge is 0.344 e. The number of hydrogen-bond acceptors (Lipinski definition) is 7. The summed E-state index contributed by atoms with van der Waals surface area (Å²) < 4.78 is 0. The summed E-state index contributed by atoms with van der Waals surface area (Å²) in [5, 5.41) is 4.42. The van der Waals surface area contributed by atoms with Crippen LogP contribution in [0.4, 0.5) is 4.79 Å². The summed E-state index contributed by atoms with van der Waals surface area (Å²) in [5.41, 5.74) is 16.1. The number of likely N-dealkylation sites (tertiary alicyclic amines) is 1. The number of amides is 4. The van der Waals surface area contributed by atoms with Crippen molar-refractivity contribution in [3.05, 3.63) is 71.8 Å². The summed E-state index contributed by atoms with van der Waals surface area (Å²) in [6.45, 7) is 1.08. The number of nitrogens with two attached hydrogens (primary N) is 2. The average molecular weight is 525 g/mol. The van der Waals surface area contributed by atoms with E-state index in [1.54, 1.807) is 0 Å². The van der Waals surface area contributed by atoms with Gasteiger partial charge in [-0.25, -0.2) is 4.79 Å². The quantitative estimate of drug-likeness (QED) is 0.341. The van der Waals surface area contributed by atoms with Crippen LogP contribution in [-0.2, 0) is 32.5 Å². The highest BCUT2D eigenvalue weighted by Gasteiger charge is 2.40. The van der Waals surface area contributed by atoms with E-state index in [4.69, 9.17) is 21.1 Å². The number of urea groups is 1. The van der Waals surface area contributed by atoms with Gasteiger partial charge in [0.1, 0.15) is 12.6 Å². The number of piperidine rings is 2. The third kappa shape index (κ3) is 7.29. The van der Waals surface area contributed by atoms with Crippen LogP contribution in [0.1, 0.15) is 36.8 Å². The molecular weight excluding hydrogens is 488 g/mol. The van der Waals surface area contributed by atoms with Gasteiger partial charge in [0.05, 0.1) is 18.7 Å². The Labute approximate surface area is 222 Å². The summed E-state index contributed by atoms with van der Waals surface area (Å²) >= 11 is 0. The third-order valence-corrected chi connectivity index (χ3v) is 6.95. The minimum Gasteiger partial charge on any atom is -0.368 e. The van der Waals surface area contributed by atoms with Crippen molar-refractivity contribution in [2.75, 3.05) is 13.1 Å². The minimum absolute atomic E-state index is 0.166. The molecule has 0 aromatic heterocycles. The topological polar surface area (TPSA) is 152 Å². The molecule has 2 heterocycles. The zero-order chi connectivity index (χ0) is 26.9. The van der Waals surface area contributed by atoms with Gasteiger partial charge in [0, 0.05) is 19.1 Å². The molecule has 11 heteroatoms. The molecule has 6 N–H and O–H groups in total. The number of carbonyl (C=O) groups is 3. The molecule has 2 aliphatic rings. The Bertz CT molecular complexity index is 1060. The van der Waals surface area contributed by atoms with Crippen molar-refractivity contribution in [2.45, 2.75) is 63.1 Å². The van der Waals surface area contributed by atoms with Crippen LogP contribution in [-0.4, -0.2) is 65.1 Å². The lowest BCUT2D eigenvalue weighted by Crippen LogP contribution is -2.62. The zero-order valence-electron chi connectivity index (χ0n) is 21.3. The van der Waals surface area contributed by atoms with E-state index in [-0.39, 0.29) is 25.2 Å². The molecule has 4 amide bonds. The number of carbonyl (C=O) groups excluding carboxylic acids is 3. The van der Waals surface area contributed by atoms with Crippen LogP contribution in [0.25, 0.3) is 0 Å². The molecule has 0 bridgehead atoms. The molecule has 204 valence electrons. The van der Waals surface area contributed by atoms with Crippen LogP contribution in [0.3, 0.4) is 0 Å². The lowest BCUT2D eigenvalue weighted by atomic mass is 9.98. The van der Waals surface area contributed by atoms with Gasteiger partial charge < -0.3 is 21.7 Å². The number of primary amides is 2. The molecule has 0 saturated carbocycles. The fraction of sp³-hybridized carbons (Fsp3) is 0.444. The first-order valence-corrected chi connectivity index (χ1v) is 12.9. The molecule has 11 nitrogen and oxygen atoms in total. The Hall–Kier alpha value is -3.51. The highest BCUT2D eigenvalue weighted by molar-refractivity contribution is 5.86. The number of benzene rings is 2. The van der Waals surface area contributed by atoms with Gasteiger partial charge in [0.15, 0.2) is 0 Å². The van der Waals surface area contributed by atoms with Gasteiger partial charge in [-0.3, -0.25) is 19.3 Å². The van der Waals surface area contributed by atoms with Crippen molar-refractivity contribution >= 4 is 17.8 Å². The summed E-state index contributed by atoms with van der Waals surface area (Å²) in [7, 11) is 0. The summed E-state index contributed by atoms with van der Waals surface area (Å²) in [6, 6.07) is 17.0. The predicted molar refractivity (Wildman–Crippen MR) is 140 cm³/mol. The second kappa shape index (κ2) is 13.3. The normalized spacial score (nSPS) is 23.5. The van der Waals surface area contributed by atoms with Gasteiger partial charge in [0.2, 0.25) is 11.8 Å². The molecule has 0 unspecified atom stereocenters. The van der Waals surface area contributed by atoms with Gasteiger partial charge in [-0.2, -0.15) is 10.5 Å². The highest BCUT2D eigenvalue weighted by atomic mass is 16.7. The SMILES string of the molecule is NC(=O)[C@@H]1CC[C@@H](N(OCc2ccccc2)C(=O)N2C[C@H](NOCc3ccccc3)CC[C@H]2C(N)=O)CN1. The monoisotopic (exact) mass is 524 g/mol. The van der Waals surface area contributed by atoms with Crippen LogP contribution in [0.15, 0.2) is 60.7 Å². The van der Waals surface area contributed by atoms with Crippen molar-refractivity contribution in [1.82, 2.24) is 20.8 Å². The van der Waals surface area contributed by atoms with E-state index in [9.17, 15) is 14.4 Å². The summed E-state index contributed by atoms with van der Waals surface area (Å²) in [6.07, 6.45) is 1.99. The van der Waals surface area contributed by atoms with Gasteiger partial charge in [-0.05, 0) is 36.8 Å². The molecule has 2 fully saturated rings. The van der Waals surface area contributed by atoms with E-state index in [0.717, 1.165) is 11.1 Å². The second-order valence-corrected chi connectivity index (χ2v) is 9.70. The van der Waals surface area contributed by atoms with Crippen LogP contribution in [0.2, 0.25) is 0 Å². The van der Waals surface area contributed by atoms with E-state index in [1.165, 1.54) is 9.96 Å². The predicted octanol–water partition coefficient (Wildman–Crippen LogP) is 1.19. The fourth-order valence-corrected chi connectivity index (χ4v) is 4.84. The molecule has 2 aliphatic heterocycles. The maximum absolute atomic E-state index is 13.9. The summed E-state index contributed by atoms with van der Waals surface area (Å²) in [5.74, 6) is -0.999. The van der Waals surface area contributed by atoms with E-state index in [0.29, 0.717) is 38.8 Å². The molecule has 0 radical (unpaired) electrons. The van der Waals surface area contributed by atoms with Crippen molar-refractivity contribution < 1.29 is 24.1 Å². The molecule has 38 heavy (non-hydrogen) atoms. The maximum atomic E-state index is 13.9. The number of hydrogen-bond donors (Lipinski definition) is 4. The lowest BCUT2D eigenvalue weighted by molar-refractivity contribution is -0.170. The average Bonchev–Trinajstić information content (AvgIpc) is 2.94. The Kier molecular flexibility index (Phi) is 9.66. The molecule has 4 rings (SSSR count). The van der Waals surface area contributed by atoms with E-state index in [1.807, 2.05) is 60.7 Å². The number of nitrogens with one attached hydrogen (secondary N) is 2. The second-order valence-electron chi connectivity index (χ2n) is 9.70. The van der Waals surface area contributed by atoms with Gasteiger partial charge in [0.25, 0.3) is 0 Å². The van der Waals surface area contributed by atoms with Crippen LogP contribution < -0.4 is 22.3 Å². The van der Waals surface area contributed by atoms with E-state index in [2.05, 4.69) is 10.8 Å². The highest BCUT2D eigenvalue weighted by Crippen LogP contribution is 2.24. The van der Waals surface area contributed by atoms with Crippen molar-refractivity contribution in [3.63, 3.8) is 0 Å². The van der Waals surface area contributed by atoms with Crippen LogP contribution >= 0.6 is 0 Å². The lowest BCUT2D eigenvalue weighted by Gasteiger charge is -2.43. The van der Waals surface area contributed by atoms with E-state index < -0.39 is 29.9 Å². The molecule has 2 aromatic rings. The Morgan fingerprint density at radius 3 is 2.13 bits per heavy atom. The molecule has 2 aromatic carbocycles. The molecule has 4 atom stereocenters. The number of rotatable bonds is 10. The maximum Gasteiger partial charge on any atom is 0.344 e. The van der Waals surface area contributed by atoms with Crippen LogP contribution in [0, 0.1) is 0 Å².